The Morgan fingerprint density at radius 1 is 1.47 bits per heavy atom. The van der Waals surface area contributed by atoms with E-state index in [0.29, 0.717) is 18.0 Å². The molecule has 0 aliphatic carbocycles. The summed E-state index contributed by atoms with van der Waals surface area (Å²) in [5, 5.41) is 7.51. The van der Waals surface area contributed by atoms with Crippen LogP contribution in [0.4, 0.5) is 0 Å². The maximum atomic E-state index is 12.4. The van der Waals surface area contributed by atoms with Crippen molar-refractivity contribution in [2.75, 3.05) is 39.8 Å². The Kier molecular flexibility index (Phi) is 4.93. The molecule has 0 bridgehead atoms. The first-order chi connectivity index (χ1) is 9.26. The number of hydrogen-bond donors (Lipinski definition) is 1. The molecular weight excluding hydrogens is 244 g/mol. The second kappa shape index (κ2) is 6.68. The summed E-state index contributed by atoms with van der Waals surface area (Å²) in [7, 11) is 1.58. The number of carbonyl (C=O) groups excluding carboxylic acids is 1. The molecule has 1 fully saturated rings. The fourth-order valence-corrected chi connectivity index (χ4v) is 2.33. The fourth-order valence-electron chi connectivity index (χ4n) is 2.33. The molecule has 2 heterocycles. The van der Waals surface area contributed by atoms with Crippen LogP contribution in [0.15, 0.2) is 6.20 Å². The number of carbonyl (C=O) groups is 1. The highest BCUT2D eigenvalue weighted by Crippen LogP contribution is 2.19. The van der Waals surface area contributed by atoms with E-state index in [2.05, 4.69) is 22.2 Å². The third-order valence-electron chi connectivity index (χ3n) is 3.30. The van der Waals surface area contributed by atoms with E-state index in [4.69, 9.17) is 4.74 Å². The Bertz CT molecular complexity index is 424. The van der Waals surface area contributed by atoms with Gasteiger partial charge in [-0.1, -0.05) is 6.92 Å². The van der Waals surface area contributed by atoms with E-state index in [1.54, 1.807) is 18.0 Å². The van der Waals surface area contributed by atoms with Crippen molar-refractivity contribution in [3.05, 3.63) is 11.9 Å². The molecule has 1 aromatic rings. The quantitative estimate of drug-likeness (QED) is 0.755. The van der Waals surface area contributed by atoms with E-state index in [9.17, 15) is 4.79 Å². The van der Waals surface area contributed by atoms with Crippen molar-refractivity contribution in [1.82, 2.24) is 20.0 Å². The lowest BCUT2D eigenvalue weighted by molar-refractivity contribution is 0.0907. The summed E-state index contributed by atoms with van der Waals surface area (Å²) in [6, 6.07) is 0. The van der Waals surface area contributed by atoms with Gasteiger partial charge in [0.25, 0.3) is 0 Å². The largest absolute Gasteiger partial charge is 0.493 e. The molecule has 1 aliphatic rings. The van der Waals surface area contributed by atoms with Crippen LogP contribution < -0.4 is 10.1 Å². The van der Waals surface area contributed by atoms with Crippen molar-refractivity contribution in [2.45, 2.75) is 19.9 Å². The van der Waals surface area contributed by atoms with Gasteiger partial charge in [0.1, 0.15) is 5.69 Å². The van der Waals surface area contributed by atoms with Gasteiger partial charge < -0.3 is 10.1 Å². The molecule has 6 nitrogen and oxygen atoms in total. The van der Waals surface area contributed by atoms with Gasteiger partial charge in [0.05, 0.1) is 19.9 Å². The van der Waals surface area contributed by atoms with Gasteiger partial charge in [0, 0.05) is 32.7 Å². The van der Waals surface area contributed by atoms with Crippen LogP contribution in [-0.4, -0.2) is 60.3 Å². The molecule has 1 aliphatic heterocycles. The first-order valence-corrected chi connectivity index (χ1v) is 6.82. The van der Waals surface area contributed by atoms with Crippen LogP contribution in [0.25, 0.3) is 0 Å². The number of ketones is 1. The number of rotatable bonds is 6. The highest BCUT2D eigenvalue weighted by molar-refractivity contribution is 5.98. The van der Waals surface area contributed by atoms with E-state index in [1.807, 2.05) is 0 Å². The summed E-state index contributed by atoms with van der Waals surface area (Å²) in [6.07, 6.45) is 2.57. The Morgan fingerprint density at radius 2 is 2.21 bits per heavy atom. The maximum absolute atomic E-state index is 12.4. The summed E-state index contributed by atoms with van der Waals surface area (Å²) in [6.45, 7) is 6.96. The molecule has 0 saturated carbocycles. The van der Waals surface area contributed by atoms with Crippen LogP contribution in [0.1, 0.15) is 23.8 Å². The number of piperazine rings is 1. The summed E-state index contributed by atoms with van der Waals surface area (Å²) >= 11 is 0. The predicted molar refractivity (Wildman–Crippen MR) is 72.7 cm³/mol. The van der Waals surface area contributed by atoms with Gasteiger partial charge in [-0.25, -0.2) is 0 Å². The topological polar surface area (TPSA) is 59.4 Å². The van der Waals surface area contributed by atoms with Gasteiger partial charge in [-0.2, -0.15) is 5.10 Å². The van der Waals surface area contributed by atoms with Crippen LogP contribution in [0.3, 0.4) is 0 Å². The highest BCUT2D eigenvalue weighted by Gasteiger charge is 2.22. The zero-order valence-electron chi connectivity index (χ0n) is 11.7. The van der Waals surface area contributed by atoms with Gasteiger partial charge in [-0.05, 0) is 6.42 Å². The first-order valence-electron chi connectivity index (χ1n) is 6.82. The number of ether oxygens (including phenoxy) is 1. The molecule has 0 amide bonds. The summed E-state index contributed by atoms with van der Waals surface area (Å²) in [5.74, 6) is 0.665. The zero-order valence-corrected chi connectivity index (χ0v) is 11.7. The van der Waals surface area contributed by atoms with Gasteiger partial charge in [-0.3, -0.25) is 14.4 Å². The molecule has 0 aromatic carbocycles. The standard InChI is InChI=1S/C13H22N4O2/c1-3-6-17-13(12(19-2)9-15-17)11(18)10-16-7-4-14-5-8-16/h9,14H,3-8,10H2,1-2H3. The third-order valence-corrected chi connectivity index (χ3v) is 3.30. The van der Waals surface area contributed by atoms with Crippen molar-refractivity contribution in [2.24, 2.45) is 0 Å². The second-order valence-electron chi connectivity index (χ2n) is 4.73. The van der Waals surface area contributed by atoms with Crippen molar-refractivity contribution in [3.63, 3.8) is 0 Å². The zero-order chi connectivity index (χ0) is 13.7. The molecule has 0 radical (unpaired) electrons. The molecule has 1 N–H and O–H groups in total. The molecular formula is C13H22N4O2. The Hall–Kier alpha value is -1.40. The molecule has 0 atom stereocenters. The lowest BCUT2D eigenvalue weighted by atomic mass is 10.2. The molecule has 0 unspecified atom stereocenters. The van der Waals surface area contributed by atoms with Crippen LogP contribution in [0.2, 0.25) is 0 Å². The highest BCUT2D eigenvalue weighted by atomic mass is 16.5. The first kappa shape index (κ1) is 14.0. The lowest BCUT2D eigenvalue weighted by Gasteiger charge is -2.26. The lowest BCUT2D eigenvalue weighted by Crippen LogP contribution is -2.45. The fraction of sp³-hybridized carbons (Fsp3) is 0.692. The van der Waals surface area contributed by atoms with Crippen molar-refractivity contribution < 1.29 is 9.53 Å². The average Bonchev–Trinajstić information content (AvgIpc) is 2.83. The van der Waals surface area contributed by atoms with E-state index in [0.717, 1.165) is 39.1 Å². The average molecular weight is 266 g/mol. The SMILES string of the molecule is CCCn1ncc(OC)c1C(=O)CN1CCNCC1. The Morgan fingerprint density at radius 3 is 2.84 bits per heavy atom. The Labute approximate surface area is 113 Å². The summed E-state index contributed by atoms with van der Waals surface area (Å²) in [5.41, 5.74) is 0.600. The molecule has 106 valence electrons. The normalized spacial score (nSPS) is 16.5. The van der Waals surface area contributed by atoms with E-state index in [1.165, 1.54) is 0 Å². The number of hydrogen-bond acceptors (Lipinski definition) is 5. The molecule has 1 saturated heterocycles. The maximum Gasteiger partial charge on any atom is 0.198 e. The van der Waals surface area contributed by atoms with Gasteiger partial charge >= 0.3 is 0 Å². The van der Waals surface area contributed by atoms with Gasteiger partial charge in [-0.15, -0.1) is 0 Å². The van der Waals surface area contributed by atoms with Crippen molar-refractivity contribution in [1.29, 1.82) is 0 Å². The minimum Gasteiger partial charge on any atom is -0.493 e. The van der Waals surface area contributed by atoms with Crippen LogP contribution in [0.5, 0.6) is 5.75 Å². The molecule has 19 heavy (non-hydrogen) atoms. The van der Waals surface area contributed by atoms with Gasteiger partial charge in [0.15, 0.2) is 11.5 Å². The number of nitrogens with zero attached hydrogens (tertiary/aromatic N) is 3. The second-order valence-corrected chi connectivity index (χ2v) is 4.73. The number of Topliss-reactive ketones (excluding diaryl/α,β-unsaturated/α-hetero) is 1. The predicted octanol–water partition coefficient (Wildman–Crippen LogP) is 0.390. The monoisotopic (exact) mass is 266 g/mol. The van der Waals surface area contributed by atoms with E-state index < -0.39 is 0 Å². The Balaban J connectivity index is 2.09. The van der Waals surface area contributed by atoms with Crippen LogP contribution >= 0.6 is 0 Å². The van der Waals surface area contributed by atoms with Crippen molar-refractivity contribution in [3.8, 4) is 5.75 Å². The minimum atomic E-state index is 0.0877. The van der Waals surface area contributed by atoms with E-state index >= 15 is 0 Å². The number of aromatic nitrogens is 2. The van der Waals surface area contributed by atoms with Crippen LogP contribution in [0, 0.1) is 0 Å². The smallest absolute Gasteiger partial charge is 0.198 e. The third kappa shape index (κ3) is 3.33. The van der Waals surface area contributed by atoms with Crippen molar-refractivity contribution >= 4 is 5.78 Å². The summed E-state index contributed by atoms with van der Waals surface area (Å²) in [4.78, 5) is 14.6. The molecule has 1 aromatic heterocycles. The number of aryl methyl sites for hydroxylation is 1. The number of nitrogens with one attached hydrogen (secondary N) is 1. The van der Waals surface area contributed by atoms with Gasteiger partial charge in [0.2, 0.25) is 0 Å². The van der Waals surface area contributed by atoms with E-state index in [-0.39, 0.29) is 5.78 Å². The molecule has 6 heteroatoms. The molecule has 0 spiro atoms. The van der Waals surface area contributed by atoms with Crippen LogP contribution in [-0.2, 0) is 6.54 Å². The molecule has 2 rings (SSSR count). The summed E-state index contributed by atoms with van der Waals surface area (Å²) < 4.78 is 7.00. The number of methoxy groups -OCH3 is 1. The minimum absolute atomic E-state index is 0.0877.